The summed E-state index contributed by atoms with van der Waals surface area (Å²) in [4.78, 5) is 13.7. The van der Waals surface area contributed by atoms with Crippen LogP contribution in [0.2, 0.25) is 0 Å². The third kappa shape index (κ3) is 1.98. The van der Waals surface area contributed by atoms with Gasteiger partial charge in [-0.25, -0.2) is 0 Å². The molecule has 0 saturated carbocycles. The normalized spacial score (nSPS) is 18.1. The third-order valence-electron chi connectivity index (χ3n) is 2.90. The van der Waals surface area contributed by atoms with Crippen LogP contribution in [0.4, 0.5) is 0 Å². The van der Waals surface area contributed by atoms with Crippen LogP contribution >= 0.6 is 39.0 Å². The van der Waals surface area contributed by atoms with Crippen LogP contribution in [0.15, 0.2) is 44.4 Å². The maximum Gasteiger partial charge on any atom is 0.173 e. The van der Waals surface area contributed by atoms with E-state index in [4.69, 9.17) is 0 Å². The van der Waals surface area contributed by atoms with Gasteiger partial charge in [0.2, 0.25) is 0 Å². The van der Waals surface area contributed by atoms with Crippen LogP contribution in [0.5, 0.6) is 0 Å². The van der Waals surface area contributed by atoms with Crippen molar-refractivity contribution in [1.82, 2.24) is 0 Å². The van der Waals surface area contributed by atoms with Crippen molar-refractivity contribution in [3.63, 3.8) is 0 Å². The van der Waals surface area contributed by atoms with Gasteiger partial charge in [0.25, 0.3) is 0 Å². The molecular weight excluding hydrogens is 316 g/mol. The lowest BCUT2D eigenvalue weighted by Crippen LogP contribution is -2.12. The number of thioether (sulfide) groups is 1. The molecule has 1 aromatic carbocycles. The van der Waals surface area contributed by atoms with Crippen molar-refractivity contribution in [3.05, 3.63) is 50.6 Å². The highest BCUT2D eigenvalue weighted by atomic mass is 79.9. The van der Waals surface area contributed by atoms with E-state index in [2.05, 4.69) is 28.1 Å². The first-order valence-corrected chi connectivity index (χ1v) is 7.97. The zero-order valence-corrected chi connectivity index (χ0v) is 12.1. The average molecular weight is 325 g/mol. The van der Waals surface area contributed by atoms with Gasteiger partial charge in [0.1, 0.15) is 0 Å². The Hall–Kier alpha value is -0.580. The standard InChI is InChI=1S/C13H9BrOS2/c14-11-7-16-5-10(11)13(15)9-6-17-12-4-2-1-3-8(9)12/h1-5,7,9H,6H2. The number of ketones is 1. The monoisotopic (exact) mass is 324 g/mol. The molecule has 4 heteroatoms. The molecule has 0 radical (unpaired) electrons. The van der Waals surface area contributed by atoms with Crippen LogP contribution in [-0.2, 0) is 0 Å². The molecule has 1 unspecified atom stereocenters. The number of thiophene rings is 1. The largest absolute Gasteiger partial charge is 0.293 e. The smallest absolute Gasteiger partial charge is 0.173 e. The zero-order valence-electron chi connectivity index (χ0n) is 8.85. The van der Waals surface area contributed by atoms with Crippen LogP contribution in [0.1, 0.15) is 21.8 Å². The molecule has 1 atom stereocenters. The van der Waals surface area contributed by atoms with Gasteiger partial charge in [-0.15, -0.1) is 11.8 Å². The molecule has 17 heavy (non-hydrogen) atoms. The molecule has 0 aliphatic carbocycles. The molecule has 1 aliphatic rings. The third-order valence-corrected chi connectivity index (χ3v) is 5.78. The number of hydrogen-bond acceptors (Lipinski definition) is 3. The number of fused-ring (bicyclic) bond motifs is 1. The molecular formula is C13H9BrOS2. The first kappa shape index (κ1) is 11.5. The molecule has 2 aromatic rings. The highest BCUT2D eigenvalue weighted by Gasteiger charge is 2.30. The fourth-order valence-electron chi connectivity index (χ4n) is 2.02. The molecule has 3 rings (SSSR count). The van der Waals surface area contributed by atoms with E-state index in [1.54, 1.807) is 23.1 Å². The van der Waals surface area contributed by atoms with Crippen molar-refractivity contribution in [2.45, 2.75) is 10.8 Å². The van der Waals surface area contributed by atoms with Crippen molar-refractivity contribution in [2.75, 3.05) is 5.75 Å². The fraction of sp³-hybridized carbons (Fsp3) is 0.154. The van der Waals surface area contributed by atoms with Crippen LogP contribution in [0.3, 0.4) is 0 Å². The van der Waals surface area contributed by atoms with Gasteiger partial charge < -0.3 is 0 Å². The maximum absolute atomic E-state index is 12.5. The quantitative estimate of drug-likeness (QED) is 0.752. The van der Waals surface area contributed by atoms with E-state index in [1.165, 1.54) is 10.5 Å². The van der Waals surface area contributed by atoms with E-state index in [0.29, 0.717) is 0 Å². The highest BCUT2D eigenvalue weighted by molar-refractivity contribution is 9.10. The van der Waals surface area contributed by atoms with Crippen molar-refractivity contribution in [3.8, 4) is 0 Å². The molecule has 0 fully saturated rings. The molecule has 0 spiro atoms. The molecule has 1 nitrogen and oxygen atoms in total. The summed E-state index contributed by atoms with van der Waals surface area (Å²) in [6, 6.07) is 8.20. The summed E-state index contributed by atoms with van der Waals surface area (Å²) in [6.07, 6.45) is 0. The van der Waals surface area contributed by atoms with Crippen LogP contribution < -0.4 is 0 Å². The molecule has 86 valence electrons. The Morgan fingerprint density at radius 1 is 1.29 bits per heavy atom. The predicted octanol–water partition coefficient (Wildman–Crippen LogP) is 4.58. The van der Waals surface area contributed by atoms with Gasteiger partial charge in [0, 0.05) is 31.4 Å². The van der Waals surface area contributed by atoms with Crippen molar-refractivity contribution in [2.24, 2.45) is 0 Å². The predicted molar refractivity (Wildman–Crippen MR) is 76.3 cm³/mol. The lowest BCUT2D eigenvalue weighted by atomic mass is 9.94. The first-order chi connectivity index (χ1) is 8.27. The highest BCUT2D eigenvalue weighted by Crippen LogP contribution is 2.41. The summed E-state index contributed by atoms with van der Waals surface area (Å²) < 4.78 is 0.918. The number of rotatable bonds is 2. The van der Waals surface area contributed by atoms with E-state index >= 15 is 0 Å². The fourth-order valence-corrected chi connectivity index (χ4v) is 4.73. The molecule has 0 amide bonds. The van der Waals surface area contributed by atoms with Gasteiger partial charge in [-0.1, -0.05) is 18.2 Å². The lowest BCUT2D eigenvalue weighted by Gasteiger charge is -2.08. The Morgan fingerprint density at radius 3 is 2.88 bits per heavy atom. The number of Topliss-reactive ketones (excluding diaryl/α,β-unsaturated/α-hetero) is 1. The second-order valence-corrected chi connectivity index (χ2v) is 6.56. The summed E-state index contributed by atoms with van der Waals surface area (Å²) in [5.41, 5.74) is 2.00. The summed E-state index contributed by atoms with van der Waals surface area (Å²) in [7, 11) is 0. The second kappa shape index (κ2) is 4.59. The average Bonchev–Trinajstić information content (AvgIpc) is 2.94. The van der Waals surface area contributed by atoms with Gasteiger partial charge in [-0.3, -0.25) is 4.79 Å². The van der Waals surface area contributed by atoms with Crippen LogP contribution in [0.25, 0.3) is 0 Å². The van der Waals surface area contributed by atoms with Gasteiger partial charge >= 0.3 is 0 Å². The molecule has 2 heterocycles. The van der Waals surface area contributed by atoms with E-state index in [-0.39, 0.29) is 11.7 Å². The number of benzene rings is 1. The molecule has 0 bridgehead atoms. The van der Waals surface area contributed by atoms with Crippen molar-refractivity contribution < 1.29 is 4.79 Å². The van der Waals surface area contributed by atoms with Crippen molar-refractivity contribution in [1.29, 1.82) is 0 Å². The summed E-state index contributed by atoms with van der Waals surface area (Å²) >= 11 is 6.77. The van der Waals surface area contributed by atoms with E-state index in [0.717, 1.165) is 15.8 Å². The molecule has 0 N–H and O–H groups in total. The summed E-state index contributed by atoms with van der Waals surface area (Å²) in [5.74, 6) is 1.11. The zero-order chi connectivity index (χ0) is 11.8. The number of carbonyl (C=O) groups excluding carboxylic acids is 1. The van der Waals surface area contributed by atoms with E-state index in [1.807, 2.05) is 22.9 Å². The summed E-state index contributed by atoms with van der Waals surface area (Å²) in [5, 5.41) is 3.89. The SMILES string of the molecule is O=C(c1cscc1Br)C1CSc2ccccc21. The molecule has 1 aliphatic heterocycles. The van der Waals surface area contributed by atoms with Crippen LogP contribution in [-0.4, -0.2) is 11.5 Å². The number of hydrogen-bond donors (Lipinski definition) is 0. The number of halogens is 1. The molecule has 1 aromatic heterocycles. The van der Waals surface area contributed by atoms with Gasteiger partial charge in [-0.05, 0) is 27.6 Å². The van der Waals surface area contributed by atoms with Gasteiger partial charge in [0.15, 0.2) is 5.78 Å². The summed E-state index contributed by atoms with van der Waals surface area (Å²) in [6.45, 7) is 0. The number of carbonyl (C=O) groups is 1. The minimum absolute atomic E-state index is 0.0158. The lowest BCUT2D eigenvalue weighted by molar-refractivity contribution is 0.0968. The Kier molecular flexibility index (Phi) is 3.11. The second-order valence-electron chi connectivity index (χ2n) is 3.90. The minimum Gasteiger partial charge on any atom is -0.293 e. The van der Waals surface area contributed by atoms with E-state index in [9.17, 15) is 4.79 Å². The first-order valence-electron chi connectivity index (χ1n) is 5.25. The van der Waals surface area contributed by atoms with Crippen LogP contribution in [0, 0.1) is 0 Å². The van der Waals surface area contributed by atoms with Crippen molar-refractivity contribution >= 4 is 44.8 Å². The Morgan fingerprint density at radius 2 is 2.12 bits per heavy atom. The van der Waals surface area contributed by atoms with Gasteiger partial charge in [-0.2, -0.15) is 11.3 Å². The Balaban J connectivity index is 1.98. The van der Waals surface area contributed by atoms with E-state index < -0.39 is 0 Å². The Labute approximate surface area is 116 Å². The van der Waals surface area contributed by atoms with Gasteiger partial charge in [0.05, 0.1) is 5.92 Å². The molecule has 0 saturated heterocycles. The topological polar surface area (TPSA) is 17.1 Å². The minimum atomic E-state index is 0.0158. The Bertz CT molecular complexity index is 576. The maximum atomic E-state index is 12.5.